The SMILES string of the molecule is COC(=O)[C@H]1CCCN1S(=O)(=O)NC(=O)Nc1nc(C)cc(C)n1. The van der Waals surface area contributed by atoms with Crippen LogP contribution in [0.3, 0.4) is 0 Å². The van der Waals surface area contributed by atoms with Gasteiger partial charge < -0.3 is 4.74 Å². The fourth-order valence-electron chi connectivity index (χ4n) is 2.48. The Labute approximate surface area is 139 Å². The van der Waals surface area contributed by atoms with E-state index in [0.717, 1.165) is 4.31 Å². The maximum absolute atomic E-state index is 12.3. The molecule has 0 unspecified atom stereocenters. The van der Waals surface area contributed by atoms with E-state index >= 15 is 0 Å². The monoisotopic (exact) mass is 357 g/mol. The summed E-state index contributed by atoms with van der Waals surface area (Å²) >= 11 is 0. The number of carbonyl (C=O) groups is 2. The van der Waals surface area contributed by atoms with E-state index in [1.54, 1.807) is 19.9 Å². The molecule has 0 bridgehead atoms. The number of amides is 2. The number of carbonyl (C=O) groups excluding carboxylic acids is 2. The first-order chi connectivity index (χ1) is 11.2. The van der Waals surface area contributed by atoms with Gasteiger partial charge in [0.2, 0.25) is 5.95 Å². The molecule has 1 atom stereocenters. The van der Waals surface area contributed by atoms with Crippen molar-refractivity contribution in [2.45, 2.75) is 32.7 Å². The third-order valence-corrected chi connectivity index (χ3v) is 4.91. The van der Waals surface area contributed by atoms with Gasteiger partial charge in [0.05, 0.1) is 7.11 Å². The number of esters is 1. The molecule has 0 saturated carbocycles. The van der Waals surface area contributed by atoms with E-state index in [9.17, 15) is 18.0 Å². The Bertz CT molecular complexity index is 731. The molecule has 2 amide bonds. The van der Waals surface area contributed by atoms with Gasteiger partial charge in [0.25, 0.3) is 0 Å². The molecule has 24 heavy (non-hydrogen) atoms. The molecule has 11 heteroatoms. The van der Waals surface area contributed by atoms with Crippen molar-refractivity contribution in [1.82, 2.24) is 19.0 Å². The number of rotatable bonds is 4. The second kappa shape index (κ2) is 7.09. The Kier molecular flexibility index (Phi) is 5.34. The molecule has 10 nitrogen and oxygen atoms in total. The molecule has 0 aliphatic carbocycles. The van der Waals surface area contributed by atoms with Crippen molar-refractivity contribution in [2.24, 2.45) is 0 Å². The van der Waals surface area contributed by atoms with Gasteiger partial charge >= 0.3 is 22.2 Å². The van der Waals surface area contributed by atoms with Crippen LogP contribution in [0, 0.1) is 13.8 Å². The lowest BCUT2D eigenvalue weighted by molar-refractivity contribution is -0.144. The van der Waals surface area contributed by atoms with E-state index in [1.165, 1.54) is 7.11 Å². The zero-order valence-electron chi connectivity index (χ0n) is 13.6. The number of hydrogen-bond acceptors (Lipinski definition) is 7. The summed E-state index contributed by atoms with van der Waals surface area (Å²) in [7, 11) is -3.01. The van der Waals surface area contributed by atoms with Crippen molar-refractivity contribution in [2.75, 3.05) is 19.0 Å². The fraction of sp³-hybridized carbons (Fsp3) is 0.538. The second-order valence-corrected chi connectivity index (χ2v) is 6.95. The zero-order valence-corrected chi connectivity index (χ0v) is 14.4. The molecular weight excluding hydrogens is 338 g/mol. The van der Waals surface area contributed by atoms with Gasteiger partial charge in [0.1, 0.15) is 6.04 Å². The molecule has 1 saturated heterocycles. The predicted molar refractivity (Wildman–Crippen MR) is 84.3 cm³/mol. The van der Waals surface area contributed by atoms with Crippen molar-refractivity contribution in [3.63, 3.8) is 0 Å². The van der Waals surface area contributed by atoms with E-state index in [-0.39, 0.29) is 12.5 Å². The molecule has 0 spiro atoms. The Hall–Kier alpha value is -2.27. The summed E-state index contributed by atoms with van der Waals surface area (Å²) in [5.74, 6) is -0.665. The topological polar surface area (TPSA) is 131 Å². The van der Waals surface area contributed by atoms with Gasteiger partial charge in [0.15, 0.2) is 0 Å². The molecule has 2 rings (SSSR count). The number of aromatic nitrogens is 2. The minimum Gasteiger partial charge on any atom is -0.468 e. The van der Waals surface area contributed by atoms with Crippen LogP contribution in [0.5, 0.6) is 0 Å². The van der Waals surface area contributed by atoms with Crippen molar-refractivity contribution in [3.05, 3.63) is 17.5 Å². The van der Waals surface area contributed by atoms with Gasteiger partial charge in [-0.3, -0.25) is 10.1 Å². The number of urea groups is 1. The van der Waals surface area contributed by atoms with Crippen molar-refractivity contribution in [1.29, 1.82) is 0 Å². The van der Waals surface area contributed by atoms with Crippen LogP contribution in [0.25, 0.3) is 0 Å². The highest BCUT2D eigenvalue weighted by molar-refractivity contribution is 7.87. The number of ether oxygens (including phenoxy) is 1. The predicted octanol–water partition coefficient (Wildman–Crippen LogP) is 0.0971. The van der Waals surface area contributed by atoms with Crippen LogP contribution in [0.2, 0.25) is 0 Å². The standard InChI is InChI=1S/C13H19N5O5S/c1-8-7-9(2)15-12(14-8)16-13(20)17-24(21,22)18-6-4-5-10(18)11(19)23-3/h7,10H,4-6H2,1-3H3,(H2,14,15,16,17,20)/t10-/m1/s1. The zero-order chi connectivity index (χ0) is 17.9. The van der Waals surface area contributed by atoms with E-state index in [2.05, 4.69) is 20.0 Å². The van der Waals surface area contributed by atoms with Crippen LogP contribution < -0.4 is 10.0 Å². The first-order valence-corrected chi connectivity index (χ1v) is 8.67. The quantitative estimate of drug-likeness (QED) is 0.731. The lowest BCUT2D eigenvalue weighted by atomic mass is 10.2. The van der Waals surface area contributed by atoms with Crippen LogP contribution in [0.1, 0.15) is 24.2 Å². The lowest BCUT2D eigenvalue weighted by Crippen LogP contribution is -2.49. The highest BCUT2D eigenvalue weighted by Gasteiger charge is 2.40. The average Bonchev–Trinajstić information content (AvgIpc) is 2.94. The number of nitrogens with one attached hydrogen (secondary N) is 2. The maximum Gasteiger partial charge on any atom is 0.336 e. The number of anilines is 1. The van der Waals surface area contributed by atoms with E-state index in [0.29, 0.717) is 24.2 Å². The smallest absolute Gasteiger partial charge is 0.336 e. The highest BCUT2D eigenvalue weighted by Crippen LogP contribution is 2.21. The van der Waals surface area contributed by atoms with Crippen LogP contribution in [-0.4, -0.2) is 54.4 Å². The molecule has 0 radical (unpaired) electrons. The molecule has 2 N–H and O–H groups in total. The Morgan fingerprint density at radius 1 is 1.29 bits per heavy atom. The summed E-state index contributed by atoms with van der Waals surface area (Å²) in [4.78, 5) is 31.6. The largest absolute Gasteiger partial charge is 0.468 e. The summed E-state index contributed by atoms with van der Waals surface area (Å²) in [6.45, 7) is 3.57. The third-order valence-electron chi connectivity index (χ3n) is 3.41. The molecular formula is C13H19N5O5S. The minimum atomic E-state index is -4.19. The summed E-state index contributed by atoms with van der Waals surface area (Å²) in [6.07, 6.45) is 0.845. The first kappa shape index (κ1) is 18.1. The Morgan fingerprint density at radius 3 is 2.50 bits per heavy atom. The molecule has 1 fully saturated rings. The third kappa shape index (κ3) is 4.17. The van der Waals surface area contributed by atoms with Crippen LogP contribution in [0.4, 0.5) is 10.7 Å². The van der Waals surface area contributed by atoms with E-state index in [1.807, 2.05) is 4.72 Å². The summed E-state index contributed by atoms with van der Waals surface area (Å²) < 4.78 is 32.0. The first-order valence-electron chi connectivity index (χ1n) is 7.23. The average molecular weight is 357 g/mol. The van der Waals surface area contributed by atoms with E-state index in [4.69, 9.17) is 0 Å². The van der Waals surface area contributed by atoms with Gasteiger partial charge in [0, 0.05) is 17.9 Å². The molecule has 0 aromatic carbocycles. The molecule has 2 heterocycles. The van der Waals surface area contributed by atoms with Crippen molar-refractivity contribution >= 4 is 28.2 Å². The molecule has 1 aliphatic heterocycles. The normalized spacial score (nSPS) is 18.2. The van der Waals surface area contributed by atoms with Crippen LogP contribution in [-0.2, 0) is 19.7 Å². The fourth-order valence-corrected chi connectivity index (χ4v) is 3.78. The number of aryl methyl sites for hydroxylation is 2. The number of hydrogen-bond donors (Lipinski definition) is 2. The van der Waals surface area contributed by atoms with E-state index < -0.39 is 28.3 Å². The van der Waals surface area contributed by atoms with Gasteiger partial charge in [-0.05, 0) is 32.8 Å². The van der Waals surface area contributed by atoms with Crippen LogP contribution >= 0.6 is 0 Å². The molecule has 1 aliphatic rings. The summed E-state index contributed by atoms with van der Waals surface area (Å²) in [5, 5.41) is 2.27. The molecule has 1 aromatic heterocycles. The summed E-state index contributed by atoms with van der Waals surface area (Å²) in [6, 6.07) is -0.223. The highest BCUT2D eigenvalue weighted by atomic mass is 32.2. The van der Waals surface area contributed by atoms with Crippen molar-refractivity contribution in [3.8, 4) is 0 Å². The summed E-state index contributed by atoms with van der Waals surface area (Å²) in [5.41, 5.74) is 1.26. The number of methoxy groups -OCH3 is 1. The molecule has 1 aromatic rings. The van der Waals surface area contributed by atoms with Gasteiger partial charge in [-0.2, -0.15) is 12.7 Å². The van der Waals surface area contributed by atoms with Crippen LogP contribution in [0.15, 0.2) is 6.07 Å². The minimum absolute atomic E-state index is 0.00820. The molecule has 132 valence electrons. The van der Waals surface area contributed by atoms with Gasteiger partial charge in [-0.1, -0.05) is 0 Å². The Morgan fingerprint density at radius 2 is 1.92 bits per heavy atom. The van der Waals surface area contributed by atoms with Gasteiger partial charge in [-0.25, -0.2) is 19.5 Å². The maximum atomic E-state index is 12.3. The second-order valence-electron chi connectivity index (χ2n) is 5.33. The number of nitrogens with zero attached hydrogens (tertiary/aromatic N) is 3. The van der Waals surface area contributed by atoms with Gasteiger partial charge in [-0.15, -0.1) is 0 Å². The Balaban J connectivity index is 2.08. The van der Waals surface area contributed by atoms with Crippen molar-refractivity contribution < 1.29 is 22.7 Å². The lowest BCUT2D eigenvalue weighted by Gasteiger charge is -2.22.